The van der Waals surface area contributed by atoms with Crippen LogP contribution in [0, 0.1) is 0 Å². The first kappa shape index (κ1) is 9.44. The molecular formula is C8H13N5. The van der Waals surface area contributed by atoms with Gasteiger partial charge in [0.1, 0.15) is 6.54 Å². The van der Waals surface area contributed by atoms with Gasteiger partial charge in [0.05, 0.1) is 5.71 Å². The van der Waals surface area contributed by atoms with Crippen LogP contribution in [0.2, 0.25) is 0 Å². The van der Waals surface area contributed by atoms with Gasteiger partial charge in [-0.2, -0.15) is 15.8 Å². The van der Waals surface area contributed by atoms with Crippen molar-refractivity contribution in [3.05, 3.63) is 24.5 Å². The van der Waals surface area contributed by atoms with E-state index in [9.17, 15) is 0 Å². The van der Waals surface area contributed by atoms with Gasteiger partial charge in [-0.1, -0.05) is 5.22 Å². The van der Waals surface area contributed by atoms with Gasteiger partial charge >= 0.3 is 0 Å². The number of aryl methyl sites for hydroxylation is 1. The Hall–Kier alpha value is -1.65. The Labute approximate surface area is 77.1 Å². The summed E-state index contributed by atoms with van der Waals surface area (Å²) in [6, 6.07) is 4.00. The van der Waals surface area contributed by atoms with E-state index < -0.39 is 0 Å². The minimum absolute atomic E-state index is 0.632. The maximum absolute atomic E-state index is 3.74. The molecule has 5 nitrogen and oxygen atoms in total. The molecule has 5 heteroatoms. The molecule has 0 saturated carbocycles. The summed E-state index contributed by atoms with van der Waals surface area (Å²) in [5.74, 6) is 0. The Morgan fingerprint density at radius 2 is 2.08 bits per heavy atom. The molecule has 0 aromatic carbocycles. The van der Waals surface area contributed by atoms with Gasteiger partial charge in [-0.3, -0.25) is 0 Å². The highest BCUT2D eigenvalue weighted by atomic mass is 15.6. The van der Waals surface area contributed by atoms with Crippen molar-refractivity contribution < 1.29 is 0 Å². The van der Waals surface area contributed by atoms with E-state index in [1.165, 1.54) is 0 Å². The summed E-state index contributed by atoms with van der Waals surface area (Å²) in [6.07, 6.45) is 4.00. The van der Waals surface area contributed by atoms with Crippen LogP contribution in [-0.4, -0.2) is 16.8 Å². The summed E-state index contributed by atoms with van der Waals surface area (Å²) in [4.78, 5) is 0. The lowest BCUT2D eigenvalue weighted by atomic mass is 10.4. The van der Waals surface area contributed by atoms with E-state index in [2.05, 4.69) is 21.0 Å². The fraction of sp³-hybridized carbons (Fsp3) is 0.375. The average molecular weight is 179 g/mol. The van der Waals surface area contributed by atoms with Crippen LogP contribution in [0.25, 0.3) is 0 Å². The highest BCUT2D eigenvalue weighted by Gasteiger charge is 1.90. The summed E-state index contributed by atoms with van der Waals surface area (Å²) in [6.45, 7) is 2.53. The lowest BCUT2D eigenvalue weighted by Gasteiger charge is -1.97. The molecule has 1 aliphatic rings. The SMILES string of the molecule is CC1=NNN=NC1.Cn1cccc1. The molecule has 1 N–H and O–H groups in total. The maximum atomic E-state index is 3.74. The standard InChI is InChI=1S/C5H7N.C3H6N4/c1-6-4-2-3-5-6;1-3-2-4-6-7-5-3/h2-5H,1H3;2H2,1H3,(H,4,7). The second kappa shape index (κ2) is 5.08. The molecule has 0 saturated heterocycles. The third-order valence-corrected chi connectivity index (χ3v) is 1.41. The zero-order valence-electron chi connectivity index (χ0n) is 7.81. The maximum Gasteiger partial charge on any atom is 0.102 e. The van der Waals surface area contributed by atoms with Gasteiger partial charge in [-0.15, -0.1) is 0 Å². The number of aromatic nitrogens is 1. The summed E-state index contributed by atoms with van der Waals surface area (Å²) in [7, 11) is 2.00. The largest absolute Gasteiger partial charge is 0.357 e. The van der Waals surface area contributed by atoms with Gasteiger partial charge in [-0.05, 0) is 19.1 Å². The predicted molar refractivity (Wildman–Crippen MR) is 51.4 cm³/mol. The fourth-order valence-corrected chi connectivity index (χ4v) is 0.733. The second-order valence-electron chi connectivity index (χ2n) is 2.70. The van der Waals surface area contributed by atoms with E-state index in [1.807, 2.05) is 43.1 Å². The molecule has 0 unspecified atom stereocenters. The molecule has 0 spiro atoms. The summed E-state index contributed by atoms with van der Waals surface area (Å²) in [5, 5.41) is 10.8. The van der Waals surface area contributed by atoms with Crippen LogP contribution in [0.4, 0.5) is 0 Å². The van der Waals surface area contributed by atoms with Gasteiger partial charge < -0.3 is 4.57 Å². The van der Waals surface area contributed by atoms with E-state index in [-0.39, 0.29) is 0 Å². The van der Waals surface area contributed by atoms with Gasteiger partial charge in [0.15, 0.2) is 0 Å². The first-order valence-electron chi connectivity index (χ1n) is 4.00. The number of rotatable bonds is 0. The molecule has 1 aliphatic heterocycles. The summed E-state index contributed by atoms with van der Waals surface area (Å²) >= 11 is 0. The van der Waals surface area contributed by atoms with Gasteiger partial charge in [-0.25, -0.2) is 0 Å². The molecule has 0 bridgehead atoms. The Balaban J connectivity index is 0.000000132. The van der Waals surface area contributed by atoms with Crippen molar-refractivity contribution in [1.29, 1.82) is 0 Å². The highest BCUT2D eigenvalue weighted by Crippen LogP contribution is 1.83. The monoisotopic (exact) mass is 179 g/mol. The third kappa shape index (κ3) is 4.05. The molecule has 0 atom stereocenters. The molecular weight excluding hydrogens is 166 g/mol. The van der Waals surface area contributed by atoms with E-state index in [0.29, 0.717) is 6.54 Å². The Morgan fingerprint density at radius 3 is 2.31 bits per heavy atom. The molecule has 0 radical (unpaired) electrons. The first-order chi connectivity index (χ1) is 6.29. The average Bonchev–Trinajstić information content (AvgIpc) is 2.58. The summed E-state index contributed by atoms with van der Waals surface area (Å²) in [5.41, 5.74) is 3.35. The van der Waals surface area contributed by atoms with Crippen LogP contribution < -0.4 is 5.53 Å². The van der Waals surface area contributed by atoms with Crippen LogP contribution in [0.15, 0.2) is 40.0 Å². The van der Waals surface area contributed by atoms with Crippen LogP contribution in [0.5, 0.6) is 0 Å². The zero-order chi connectivity index (χ0) is 9.52. The topological polar surface area (TPSA) is 54.0 Å². The minimum atomic E-state index is 0.632. The van der Waals surface area contributed by atoms with E-state index in [4.69, 9.17) is 0 Å². The number of hydrogen-bond donors (Lipinski definition) is 1. The number of hydrazone groups is 1. The smallest absolute Gasteiger partial charge is 0.102 e. The van der Waals surface area contributed by atoms with Crippen molar-refractivity contribution in [2.45, 2.75) is 6.92 Å². The molecule has 2 rings (SSSR count). The minimum Gasteiger partial charge on any atom is -0.357 e. The van der Waals surface area contributed by atoms with Crippen molar-refractivity contribution >= 4 is 5.71 Å². The summed E-state index contributed by atoms with van der Waals surface area (Å²) < 4.78 is 2.00. The first-order valence-corrected chi connectivity index (χ1v) is 4.00. The van der Waals surface area contributed by atoms with Gasteiger partial charge in [0.25, 0.3) is 0 Å². The molecule has 1 aromatic heterocycles. The molecule has 0 fully saturated rings. The molecule has 1 aromatic rings. The second-order valence-corrected chi connectivity index (χ2v) is 2.70. The van der Waals surface area contributed by atoms with Crippen molar-refractivity contribution in [3.8, 4) is 0 Å². The van der Waals surface area contributed by atoms with Crippen LogP contribution >= 0.6 is 0 Å². The molecule has 2 heterocycles. The van der Waals surface area contributed by atoms with Crippen LogP contribution in [0.1, 0.15) is 6.92 Å². The molecule has 0 amide bonds. The number of nitrogens with zero attached hydrogens (tertiary/aromatic N) is 4. The van der Waals surface area contributed by atoms with Crippen molar-refractivity contribution in [2.75, 3.05) is 6.54 Å². The Kier molecular flexibility index (Phi) is 3.69. The van der Waals surface area contributed by atoms with Crippen molar-refractivity contribution in [1.82, 2.24) is 10.1 Å². The predicted octanol–water partition coefficient (Wildman–Crippen LogP) is 1.36. The highest BCUT2D eigenvalue weighted by molar-refractivity contribution is 5.83. The lowest BCUT2D eigenvalue weighted by Crippen LogP contribution is -2.08. The lowest BCUT2D eigenvalue weighted by molar-refractivity contribution is 0.701. The quantitative estimate of drug-likeness (QED) is 0.642. The van der Waals surface area contributed by atoms with Crippen LogP contribution in [-0.2, 0) is 7.05 Å². The van der Waals surface area contributed by atoms with E-state index >= 15 is 0 Å². The Bertz CT molecular complexity index is 285. The number of hydrogen-bond acceptors (Lipinski definition) is 4. The van der Waals surface area contributed by atoms with Gasteiger partial charge in [0, 0.05) is 19.4 Å². The Morgan fingerprint density at radius 1 is 1.38 bits per heavy atom. The van der Waals surface area contributed by atoms with E-state index in [1.54, 1.807) is 0 Å². The normalized spacial score (nSPS) is 13.8. The third-order valence-electron chi connectivity index (χ3n) is 1.41. The van der Waals surface area contributed by atoms with E-state index in [0.717, 1.165) is 5.71 Å². The van der Waals surface area contributed by atoms with Crippen LogP contribution in [0.3, 0.4) is 0 Å². The molecule has 0 aliphatic carbocycles. The fourth-order valence-electron chi connectivity index (χ4n) is 0.733. The molecule has 13 heavy (non-hydrogen) atoms. The molecule has 70 valence electrons. The van der Waals surface area contributed by atoms with Crippen molar-refractivity contribution in [3.63, 3.8) is 0 Å². The zero-order valence-corrected chi connectivity index (χ0v) is 7.81. The number of nitrogens with one attached hydrogen (secondary N) is 1. The van der Waals surface area contributed by atoms with Crippen molar-refractivity contribution in [2.24, 2.45) is 22.5 Å². The van der Waals surface area contributed by atoms with Gasteiger partial charge in [0.2, 0.25) is 0 Å².